The van der Waals surface area contributed by atoms with E-state index in [0.29, 0.717) is 17.7 Å². The molecule has 1 unspecified atom stereocenters. The number of halogens is 1. The van der Waals surface area contributed by atoms with E-state index in [1.54, 1.807) is 24.6 Å². The Bertz CT molecular complexity index is 506. The summed E-state index contributed by atoms with van der Waals surface area (Å²) in [7, 11) is 1.58. The standard InChI is InChI=1S/C11H13BrN4OS/c1-7(10-13-3-4-18-10)5-14-11-15-6-8(12)9(16-11)17-2/h3-4,6-7H,5H2,1-2H3,(H,14,15,16). The number of methoxy groups -OCH3 is 1. The molecule has 0 bridgehead atoms. The van der Waals surface area contributed by atoms with Crippen LogP contribution in [0.25, 0.3) is 0 Å². The number of hydrogen-bond donors (Lipinski definition) is 1. The highest BCUT2D eigenvalue weighted by Crippen LogP contribution is 2.22. The molecule has 1 N–H and O–H groups in total. The van der Waals surface area contributed by atoms with Crippen LogP contribution in [0.4, 0.5) is 5.95 Å². The van der Waals surface area contributed by atoms with Crippen molar-refractivity contribution >= 4 is 33.2 Å². The summed E-state index contributed by atoms with van der Waals surface area (Å²) in [5.41, 5.74) is 0. The fourth-order valence-electron chi connectivity index (χ4n) is 1.39. The molecular formula is C11H13BrN4OS. The number of rotatable bonds is 5. The van der Waals surface area contributed by atoms with Gasteiger partial charge in [0.2, 0.25) is 11.8 Å². The van der Waals surface area contributed by atoms with Gasteiger partial charge in [0.05, 0.1) is 22.8 Å². The number of thiazole rings is 1. The van der Waals surface area contributed by atoms with E-state index in [4.69, 9.17) is 4.74 Å². The molecule has 0 radical (unpaired) electrons. The van der Waals surface area contributed by atoms with Gasteiger partial charge in [0.15, 0.2) is 0 Å². The van der Waals surface area contributed by atoms with E-state index in [-0.39, 0.29) is 0 Å². The second kappa shape index (κ2) is 6.10. The fourth-order valence-corrected chi connectivity index (χ4v) is 2.44. The lowest BCUT2D eigenvalue weighted by Crippen LogP contribution is -2.12. The van der Waals surface area contributed by atoms with Crippen LogP contribution in [0.5, 0.6) is 5.88 Å². The van der Waals surface area contributed by atoms with Crippen LogP contribution in [0, 0.1) is 0 Å². The van der Waals surface area contributed by atoms with Crippen LogP contribution in [0.15, 0.2) is 22.2 Å². The minimum Gasteiger partial charge on any atom is -0.480 e. The largest absolute Gasteiger partial charge is 0.480 e. The SMILES string of the molecule is COc1nc(NCC(C)c2nccs2)ncc1Br. The summed E-state index contributed by atoms with van der Waals surface area (Å²) in [5.74, 6) is 1.40. The zero-order valence-electron chi connectivity index (χ0n) is 10.1. The molecule has 7 heteroatoms. The van der Waals surface area contributed by atoms with E-state index in [1.807, 2.05) is 11.6 Å². The number of nitrogens with one attached hydrogen (secondary N) is 1. The van der Waals surface area contributed by atoms with Gasteiger partial charge >= 0.3 is 0 Å². The predicted molar refractivity (Wildman–Crippen MR) is 75.3 cm³/mol. The average molecular weight is 329 g/mol. The monoisotopic (exact) mass is 328 g/mol. The molecule has 0 fully saturated rings. The van der Waals surface area contributed by atoms with Gasteiger partial charge < -0.3 is 10.1 Å². The fraction of sp³-hybridized carbons (Fsp3) is 0.364. The average Bonchev–Trinajstić information content (AvgIpc) is 2.91. The van der Waals surface area contributed by atoms with Crippen LogP contribution in [0.3, 0.4) is 0 Å². The van der Waals surface area contributed by atoms with Gasteiger partial charge in [-0.2, -0.15) is 4.98 Å². The summed E-state index contributed by atoms with van der Waals surface area (Å²) in [6.45, 7) is 2.85. The highest BCUT2D eigenvalue weighted by molar-refractivity contribution is 9.10. The van der Waals surface area contributed by atoms with Crippen molar-refractivity contribution in [1.29, 1.82) is 0 Å². The normalized spacial score (nSPS) is 12.2. The Kier molecular flexibility index (Phi) is 4.48. The van der Waals surface area contributed by atoms with Gasteiger partial charge in [-0.15, -0.1) is 11.3 Å². The number of ether oxygens (including phenoxy) is 1. The molecular weight excluding hydrogens is 316 g/mol. The van der Waals surface area contributed by atoms with Crippen LogP contribution in [-0.4, -0.2) is 28.6 Å². The van der Waals surface area contributed by atoms with Crippen LogP contribution < -0.4 is 10.1 Å². The molecule has 5 nitrogen and oxygen atoms in total. The molecule has 96 valence electrons. The Balaban J connectivity index is 1.98. The summed E-state index contributed by atoms with van der Waals surface area (Å²) in [6.07, 6.45) is 3.48. The molecule has 2 heterocycles. The third kappa shape index (κ3) is 3.17. The van der Waals surface area contributed by atoms with E-state index in [0.717, 1.165) is 16.0 Å². The molecule has 0 aliphatic rings. The van der Waals surface area contributed by atoms with Gasteiger partial charge in [-0.25, -0.2) is 9.97 Å². The molecule has 0 amide bonds. The van der Waals surface area contributed by atoms with E-state index >= 15 is 0 Å². The lowest BCUT2D eigenvalue weighted by Gasteiger charge is -2.10. The summed E-state index contributed by atoms with van der Waals surface area (Å²) in [4.78, 5) is 12.7. The Morgan fingerprint density at radius 3 is 3.00 bits per heavy atom. The maximum absolute atomic E-state index is 5.12. The van der Waals surface area contributed by atoms with Crippen molar-refractivity contribution in [2.45, 2.75) is 12.8 Å². The molecule has 0 saturated heterocycles. The van der Waals surface area contributed by atoms with Gasteiger partial charge in [0, 0.05) is 24.0 Å². The maximum atomic E-state index is 5.12. The highest BCUT2D eigenvalue weighted by Gasteiger charge is 2.10. The first-order chi connectivity index (χ1) is 8.70. The number of aromatic nitrogens is 3. The molecule has 0 aliphatic carbocycles. The smallest absolute Gasteiger partial charge is 0.232 e. The molecule has 2 rings (SSSR count). The highest BCUT2D eigenvalue weighted by atomic mass is 79.9. The minimum absolute atomic E-state index is 0.322. The first-order valence-corrected chi connectivity index (χ1v) is 7.07. The second-order valence-electron chi connectivity index (χ2n) is 3.70. The number of anilines is 1. The summed E-state index contributed by atoms with van der Waals surface area (Å²) < 4.78 is 5.86. The summed E-state index contributed by atoms with van der Waals surface area (Å²) in [5, 5.41) is 6.26. The van der Waals surface area contributed by atoms with Crippen molar-refractivity contribution in [1.82, 2.24) is 15.0 Å². The molecule has 2 aromatic rings. The van der Waals surface area contributed by atoms with E-state index in [9.17, 15) is 0 Å². The van der Waals surface area contributed by atoms with Gasteiger partial charge in [-0.05, 0) is 15.9 Å². The quantitative estimate of drug-likeness (QED) is 0.914. The van der Waals surface area contributed by atoms with Crippen LogP contribution >= 0.6 is 27.3 Å². The van der Waals surface area contributed by atoms with Crippen LogP contribution in [0.2, 0.25) is 0 Å². The van der Waals surface area contributed by atoms with Crippen molar-refractivity contribution in [3.8, 4) is 5.88 Å². The molecule has 0 aliphatic heterocycles. The minimum atomic E-state index is 0.322. The Morgan fingerprint density at radius 1 is 1.50 bits per heavy atom. The molecule has 1 atom stereocenters. The Morgan fingerprint density at radius 2 is 2.33 bits per heavy atom. The van der Waals surface area contributed by atoms with E-state index in [1.165, 1.54) is 0 Å². The van der Waals surface area contributed by atoms with Gasteiger partial charge in [0.25, 0.3) is 0 Å². The van der Waals surface area contributed by atoms with Crippen LogP contribution in [0.1, 0.15) is 17.8 Å². The first kappa shape index (κ1) is 13.2. The maximum Gasteiger partial charge on any atom is 0.232 e. The summed E-state index contributed by atoms with van der Waals surface area (Å²) in [6, 6.07) is 0. The molecule has 0 spiro atoms. The Labute approximate surface area is 118 Å². The van der Waals surface area contributed by atoms with Crippen molar-refractivity contribution in [2.75, 3.05) is 19.0 Å². The van der Waals surface area contributed by atoms with Crippen LogP contribution in [-0.2, 0) is 0 Å². The lowest BCUT2D eigenvalue weighted by molar-refractivity contribution is 0.394. The second-order valence-corrected chi connectivity index (χ2v) is 5.48. The zero-order chi connectivity index (χ0) is 13.0. The van der Waals surface area contributed by atoms with E-state index < -0.39 is 0 Å². The third-order valence-corrected chi connectivity index (χ3v) is 3.90. The van der Waals surface area contributed by atoms with Crippen molar-refractivity contribution < 1.29 is 4.74 Å². The van der Waals surface area contributed by atoms with Gasteiger partial charge in [-0.3, -0.25) is 0 Å². The molecule has 0 saturated carbocycles. The van der Waals surface area contributed by atoms with Crippen molar-refractivity contribution in [3.63, 3.8) is 0 Å². The molecule has 18 heavy (non-hydrogen) atoms. The molecule has 2 aromatic heterocycles. The zero-order valence-corrected chi connectivity index (χ0v) is 12.5. The number of hydrogen-bond acceptors (Lipinski definition) is 6. The topological polar surface area (TPSA) is 59.9 Å². The molecule has 0 aromatic carbocycles. The Hall–Kier alpha value is -1.21. The van der Waals surface area contributed by atoms with E-state index in [2.05, 4.69) is 43.1 Å². The lowest BCUT2D eigenvalue weighted by atomic mass is 10.2. The van der Waals surface area contributed by atoms with Gasteiger partial charge in [-0.1, -0.05) is 6.92 Å². The van der Waals surface area contributed by atoms with Crippen molar-refractivity contribution in [3.05, 3.63) is 27.3 Å². The van der Waals surface area contributed by atoms with Crippen molar-refractivity contribution in [2.24, 2.45) is 0 Å². The third-order valence-electron chi connectivity index (χ3n) is 2.34. The number of nitrogens with zero attached hydrogens (tertiary/aromatic N) is 3. The summed E-state index contributed by atoms with van der Waals surface area (Å²) >= 11 is 4.97. The van der Waals surface area contributed by atoms with Gasteiger partial charge in [0.1, 0.15) is 0 Å². The first-order valence-electron chi connectivity index (χ1n) is 5.40. The predicted octanol–water partition coefficient (Wildman–Crippen LogP) is 2.92.